The van der Waals surface area contributed by atoms with E-state index in [9.17, 15) is 68.4 Å². The van der Waals surface area contributed by atoms with Crippen molar-refractivity contribution in [3.63, 3.8) is 0 Å². The lowest BCUT2D eigenvalue weighted by atomic mass is 9.85. The molecule has 0 spiro atoms. The van der Waals surface area contributed by atoms with Crippen LogP contribution in [0.25, 0.3) is 21.5 Å². The average molecular weight is 1010 g/mol. The van der Waals surface area contributed by atoms with Gasteiger partial charge in [-0.05, 0) is 49.2 Å². The van der Waals surface area contributed by atoms with E-state index in [2.05, 4.69) is 10.6 Å². The zero-order valence-corrected chi connectivity index (χ0v) is 38.6. The van der Waals surface area contributed by atoms with Crippen molar-refractivity contribution in [2.75, 3.05) is 36.2 Å². The van der Waals surface area contributed by atoms with Gasteiger partial charge in [0.2, 0.25) is 11.8 Å². The molecule has 6 heterocycles. The average Bonchev–Trinajstić information content (AvgIpc) is 3.30. The van der Waals surface area contributed by atoms with E-state index >= 15 is 0 Å². The van der Waals surface area contributed by atoms with Crippen LogP contribution in [-0.4, -0.2) is 150 Å². The van der Waals surface area contributed by atoms with Gasteiger partial charge in [0.05, 0.1) is 13.2 Å². The predicted molar refractivity (Wildman–Crippen MR) is 250 cm³/mol. The van der Waals surface area contributed by atoms with Gasteiger partial charge in [0, 0.05) is 79.7 Å². The highest BCUT2D eigenvalue weighted by molar-refractivity contribution is 8.77. The summed E-state index contributed by atoms with van der Waals surface area (Å²) in [6, 6.07) is 8.93. The van der Waals surface area contributed by atoms with Crippen LogP contribution < -0.4 is 20.1 Å². The van der Waals surface area contributed by atoms with Crippen LogP contribution in [0, 0.1) is 0 Å². The summed E-state index contributed by atoms with van der Waals surface area (Å²) in [7, 11) is 3.50. The van der Waals surface area contributed by atoms with Crippen LogP contribution >= 0.6 is 43.2 Å². The van der Waals surface area contributed by atoms with Gasteiger partial charge in [-0.3, -0.25) is 38.6 Å². The van der Waals surface area contributed by atoms with Gasteiger partial charge in [-0.15, -0.1) is 0 Å². The molecular weight excluding hydrogens is 969 g/mol. The summed E-state index contributed by atoms with van der Waals surface area (Å²) in [5.74, 6) is -11.5. The van der Waals surface area contributed by atoms with Crippen molar-refractivity contribution in [1.29, 1.82) is 0 Å². The van der Waals surface area contributed by atoms with Crippen LogP contribution in [0.15, 0.2) is 60.7 Å². The molecule has 68 heavy (non-hydrogen) atoms. The Hall–Kier alpha value is -6.50. The van der Waals surface area contributed by atoms with Crippen LogP contribution in [-0.2, 0) is 28.8 Å². The maximum atomic E-state index is 14.0. The van der Waals surface area contributed by atoms with Crippen molar-refractivity contribution in [3.05, 3.63) is 82.9 Å². The second kappa shape index (κ2) is 21.6. The predicted octanol–water partition coefficient (Wildman–Crippen LogP) is 4.02. The molecular formula is C44H40N4O16S4. The fourth-order valence-corrected chi connectivity index (χ4v) is 12.4. The summed E-state index contributed by atoms with van der Waals surface area (Å²) in [6.45, 7) is 0.181. The molecule has 0 fully saturated rings. The Morgan fingerprint density at radius 1 is 0.485 bits per heavy atom. The Labute approximate surface area is 401 Å². The summed E-state index contributed by atoms with van der Waals surface area (Å²) in [5, 5.41) is 46.3. The molecule has 6 N–H and O–H groups in total. The summed E-state index contributed by atoms with van der Waals surface area (Å²) in [4.78, 5) is 132. The Morgan fingerprint density at radius 2 is 0.824 bits per heavy atom. The van der Waals surface area contributed by atoms with Crippen molar-refractivity contribution < 1.29 is 77.8 Å². The summed E-state index contributed by atoms with van der Waals surface area (Å²) >= 11 is 0. The summed E-state index contributed by atoms with van der Waals surface area (Å²) in [5.41, 5.74) is -0.827. The first-order valence-electron chi connectivity index (χ1n) is 20.7. The van der Waals surface area contributed by atoms with Crippen LogP contribution in [0.2, 0.25) is 0 Å². The van der Waals surface area contributed by atoms with Crippen LogP contribution in [0.5, 0.6) is 11.5 Å². The van der Waals surface area contributed by atoms with Crippen LogP contribution in [0.3, 0.4) is 0 Å². The molecule has 12 bridgehead atoms. The van der Waals surface area contributed by atoms with Crippen molar-refractivity contribution >= 4 is 124 Å². The van der Waals surface area contributed by atoms with E-state index in [0.717, 1.165) is 43.2 Å². The van der Waals surface area contributed by atoms with E-state index in [1.807, 2.05) is 0 Å². The summed E-state index contributed by atoms with van der Waals surface area (Å²) in [6.07, 6.45) is 0.228. The Morgan fingerprint density at radius 3 is 1.15 bits per heavy atom. The normalized spacial score (nSPS) is 21.8. The second-order valence-electron chi connectivity index (χ2n) is 15.3. The number of imide groups is 2. The number of carbonyl (C=O) groups is 10. The smallest absolute Gasteiger partial charge is 0.327 e. The highest BCUT2D eigenvalue weighted by Gasteiger charge is 2.46. The number of amides is 6. The molecule has 20 nitrogen and oxygen atoms in total. The van der Waals surface area contributed by atoms with Crippen LogP contribution in [0.1, 0.15) is 67.1 Å². The number of aliphatic carboxylic acids is 4. The number of carboxylic acids is 4. The molecule has 356 valence electrons. The first-order valence-corrected chi connectivity index (χ1v) is 25.7. The van der Waals surface area contributed by atoms with E-state index in [1.165, 1.54) is 24.3 Å². The number of hydrogen-bond donors (Lipinski definition) is 6. The number of hydrogen-bond acceptors (Lipinski definition) is 16. The third kappa shape index (κ3) is 10.5. The minimum Gasteiger partial charge on any atom is -0.493 e. The number of carbonyl (C=O) groups excluding carboxylic acids is 6. The molecule has 6 aliphatic heterocycles. The molecule has 10 rings (SSSR count). The van der Waals surface area contributed by atoms with E-state index in [-0.39, 0.29) is 83.4 Å². The number of nitrogens with one attached hydrogen (secondary N) is 2. The highest BCUT2D eigenvalue weighted by atomic mass is 33.1. The van der Waals surface area contributed by atoms with Gasteiger partial charge >= 0.3 is 23.9 Å². The largest absolute Gasteiger partial charge is 0.493 e. The maximum Gasteiger partial charge on any atom is 0.327 e. The van der Waals surface area contributed by atoms with Crippen molar-refractivity contribution in [2.24, 2.45) is 0 Å². The quantitative estimate of drug-likeness (QED) is 0.124. The van der Waals surface area contributed by atoms with E-state index in [0.29, 0.717) is 32.1 Å². The van der Waals surface area contributed by atoms with Gasteiger partial charge in [-0.25, -0.2) is 19.2 Å². The van der Waals surface area contributed by atoms with Crippen LogP contribution in [0.4, 0.5) is 0 Å². The third-order valence-electron chi connectivity index (χ3n) is 11.0. The van der Waals surface area contributed by atoms with Crippen molar-refractivity contribution in [3.8, 4) is 11.5 Å². The van der Waals surface area contributed by atoms with Gasteiger partial charge in [-0.2, -0.15) is 0 Å². The zero-order valence-electron chi connectivity index (χ0n) is 35.4. The molecule has 0 radical (unpaired) electrons. The molecule has 6 aliphatic rings. The Kier molecular flexibility index (Phi) is 15.7. The third-order valence-corrected chi connectivity index (χ3v) is 15.8. The Bertz CT molecular complexity index is 2520. The number of rotatable bonds is 4. The van der Waals surface area contributed by atoms with Gasteiger partial charge in [0.15, 0.2) is 0 Å². The number of benzene rings is 4. The number of carboxylic acid groups (broad SMARTS) is 4. The van der Waals surface area contributed by atoms with Crippen molar-refractivity contribution in [1.82, 2.24) is 20.4 Å². The van der Waals surface area contributed by atoms with E-state index in [4.69, 9.17) is 9.47 Å². The lowest BCUT2D eigenvalue weighted by Crippen LogP contribution is -2.53. The first-order chi connectivity index (χ1) is 32.6. The molecule has 0 aromatic heterocycles. The maximum absolute atomic E-state index is 14.0. The standard InChI is InChI=1S/C44H40N4O16S4/c49-33-9-3-15-63-31-7-1-5-21-22(31)6-2-8-32(21)64-16-4-10-34(50)46-28(42(57)58)18-66-68-20-30(44(61)62)48-39(53)25-13-11-23-35-24(12-14-26(36(25)35)40(48)54)38(52)47(37(23)51)29(43(59)60)19-67-65-17-27(45-33)41(55)56/h1-2,5-8,11-14,27-30H,3-4,9-10,15-20H2,(H,45,49)(H,46,50)(H,55,56)(H,57,58)(H,59,60)(H,61,62)/t27-,28-,29-,30-/m0/s1. The van der Waals surface area contributed by atoms with Crippen molar-refractivity contribution in [2.45, 2.75) is 49.9 Å². The second-order valence-corrected chi connectivity index (χ2v) is 20.4. The summed E-state index contributed by atoms with van der Waals surface area (Å²) < 4.78 is 11.9. The van der Waals surface area contributed by atoms with E-state index < -0.39 is 95.0 Å². The highest BCUT2D eigenvalue weighted by Crippen LogP contribution is 2.40. The molecule has 0 unspecified atom stereocenters. The first kappa shape index (κ1) is 49.4. The minimum absolute atomic E-state index is 0.0904. The van der Waals surface area contributed by atoms with Gasteiger partial charge < -0.3 is 40.5 Å². The molecule has 6 amide bonds. The number of nitrogens with zero attached hydrogens (tertiary/aromatic N) is 2. The number of fused-ring (bicyclic) bond motifs is 2. The molecule has 0 aliphatic carbocycles. The lowest BCUT2D eigenvalue weighted by Gasteiger charge is -2.35. The molecule has 4 atom stereocenters. The molecule has 4 aromatic rings. The van der Waals surface area contributed by atoms with Gasteiger partial charge in [0.1, 0.15) is 35.7 Å². The molecule has 24 heteroatoms. The molecule has 0 saturated heterocycles. The SMILES string of the molecule is O=C1CCCOc2cccc3c(cccc23)OCCCC(=O)N[C@H](C(=O)O)CSSC[C@@H](C(=O)O)N2C(=O)c3ccc4c5c(ccc(c35)C2=O)C(=O)N(C4=O)[C@H](C(=O)O)CSSC[C@@H](C(=O)O)N1. The van der Waals surface area contributed by atoms with Gasteiger partial charge in [-0.1, -0.05) is 67.4 Å². The van der Waals surface area contributed by atoms with Gasteiger partial charge in [0.25, 0.3) is 23.6 Å². The zero-order chi connectivity index (χ0) is 48.8. The molecule has 4 aromatic carbocycles. The monoisotopic (exact) mass is 1010 g/mol. The Balaban J connectivity index is 1.13. The minimum atomic E-state index is -1.77. The fourth-order valence-electron chi connectivity index (χ4n) is 7.66. The number of ether oxygens (including phenoxy) is 2. The topological polar surface area (TPSA) is 301 Å². The van der Waals surface area contributed by atoms with E-state index in [1.54, 1.807) is 36.4 Å². The molecule has 0 saturated carbocycles. The fraction of sp³-hybridized carbons (Fsp3) is 0.318. The lowest BCUT2D eigenvalue weighted by molar-refractivity contribution is -0.141.